The van der Waals surface area contributed by atoms with Gasteiger partial charge in [0.1, 0.15) is 18.8 Å². The Morgan fingerprint density at radius 1 is 0.865 bits per heavy atom. The first kappa shape index (κ1) is 28.6. The maximum absolute atomic E-state index is 13.4. The van der Waals surface area contributed by atoms with Crippen molar-refractivity contribution in [3.05, 3.63) is 46.6 Å². The van der Waals surface area contributed by atoms with Gasteiger partial charge in [0.15, 0.2) is 5.78 Å². The Morgan fingerprint density at radius 3 is 1.84 bits per heavy atom. The first-order valence-corrected chi connectivity index (χ1v) is 13.0. The van der Waals surface area contributed by atoms with Gasteiger partial charge in [0, 0.05) is 39.9 Å². The zero-order chi connectivity index (χ0) is 27.9. The van der Waals surface area contributed by atoms with Crippen molar-refractivity contribution in [3.63, 3.8) is 0 Å². The highest BCUT2D eigenvalue weighted by atomic mass is 16.6. The molecule has 0 spiro atoms. The van der Waals surface area contributed by atoms with E-state index in [0.29, 0.717) is 16.7 Å². The number of esters is 3. The zero-order valence-electron chi connectivity index (χ0n) is 23.5. The molecule has 7 heteroatoms. The van der Waals surface area contributed by atoms with Gasteiger partial charge in [-0.3, -0.25) is 4.79 Å². The van der Waals surface area contributed by atoms with Gasteiger partial charge in [-0.1, -0.05) is 37.6 Å². The molecule has 0 aliphatic heterocycles. The Bertz CT molecular complexity index is 1120. The second-order valence-corrected chi connectivity index (χ2v) is 11.2. The number of allylic oxidation sites excluding steroid dienone is 5. The lowest BCUT2D eigenvalue weighted by atomic mass is 9.37. The van der Waals surface area contributed by atoms with E-state index in [0.717, 1.165) is 5.57 Å². The maximum Gasteiger partial charge on any atom is 0.333 e. The van der Waals surface area contributed by atoms with Gasteiger partial charge in [-0.05, 0) is 66.4 Å². The monoisotopic (exact) mass is 512 g/mol. The van der Waals surface area contributed by atoms with Crippen molar-refractivity contribution in [3.8, 4) is 0 Å². The highest BCUT2D eigenvalue weighted by molar-refractivity contribution is 5.97. The van der Waals surface area contributed by atoms with Crippen LogP contribution in [-0.2, 0) is 33.4 Å². The van der Waals surface area contributed by atoms with Crippen LogP contribution in [-0.4, -0.2) is 42.5 Å². The SMILES string of the molecule is C/C=C(/C)C(=O)OC[C@]1(C)[C@@H]2[C@H]3C(=O)C=C(C)[C@@H]2[C@@]3(C)[C@H](OC(=O)/C(C)=C\C)C[C@H]1OC(=O)/C(C)=C\C. The molecule has 3 aliphatic carbocycles. The summed E-state index contributed by atoms with van der Waals surface area (Å²) in [5, 5.41) is 0. The number of rotatable bonds is 7. The van der Waals surface area contributed by atoms with Crippen molar-refractivity contribution >= 4 is 23.7 Å². The van der Waals surface area contributed by atoms with E-state index in [1.54, 1.807) is 65.8 Å². The molecular weight excluding hydrogens is 472 g/mol. The second kappa shape index (κ2) is 10.4. The summed E-state index contributed by atoms with van der Waals surface area (Å²) < 4.78 is 17.9. The van der Waals surface area contributed by atoms with E-state index in [1.807, 2.05) is 20.8 Å². The lowest BCUT2D eigenvalue weighted by Crippen LogP contribution is -2.68. The number of ketones is 1. The number of hydrogen-bond acceptors (Lipinski definition) is 7. The van der Waals surface area contributed by atoms with Crippen molar-refractivity contribution in [1.29, 1.82) is 0 Å². The minimum atomic E-state index is -0.885. The summed E-state index contributed by atoms with van der Waals surface area (Å²) in [6, 6.07) is 0. The molecule has 7 nitrogen and oxygen atoms in total. The van der Waals surface area contributed by atoms with Crippen LogP contribution in [0, 0.1) is 28.6 Å². The highest BCUT2D eigenvalue weighted by Gasteiger charge is 2.75. The first-order chi connectivity index (χ1) is 17.3. The third-order valence-electron chi connectivity index (χ3n) is 9.12. The van der Waals surface area contributed by atoms with Crippen molar-refractivity contribution < 1.29 is 33.4 Å². The minimum absolute atomic E-state index is 0.0323. The lowest BCUT2D eigenvalue weighted by Gasteiger charge is -2.65. The van der Waals surface area contributed by atoms with Crippen molar-refractivity contribution in [2.75, 3.05) is 6.61 Å². The van der Waals surface area contributed by atoms with Crippen LogP contribution < -0.4 is 0 Å². The van der Waals surface area contributed by atoms with Crippen LogP contribution in [0.4, 0.5) is 0 Å². The molecule has 0 N–H and O–H groups in total. The van der Waals surface area contributed by atoms with Gasteiger partial charge in [0.05, 0.1) is 0 Å². The molecule has 0 aromatic rings. The first-order valence-electron chi connectivity index (χ1n) is 13.0. The summed E-state index contributed by atoms with van der Waals surface area (Å²) in [4.78, 5) is 52.0. The fourth-order valence-electron chi connectivity index (χ4n) is 6.48. The van der Waals surface area contributed by atoms with Crippen LogP contribution >= 0.6 is 0 Å². The number of fused-ring (bicyclic) bond motifs is 1. The maximum atomic E-state index is 13.4. The van der Waals surface area contributed by atoms with E-state index < -0.39 is 46.9 Å². The van der Waals surface area contributed by atoms with Crippen molar-refractivity contribution in [2.24, 2.45) is 28.6 Å². The van der Waals surface area contributed by atoms with Crippen molar-refractivity contribution in [2.45, 2.75) is 80.9 Å². The molecule has 202 valence electrons. The predicted molar refractivity (Wildman–Crippen MR) is 139 cm³/mol. The van der Waals surface area contributed by atoms with Gasteiger partial charge in [0.2, 0.25) is 0 Å². The molecule has 37 heavy (non-hydrogen) atoms. The summed E-state index contributed by atoms with van der Waals surface area (Å²) in [6.07, 6.45) is 5.48. The number of hydrogen-bond donors (Lipinski definition) is 0. The average molecular weight is 513 g/mol. The Morgan fingerprint density at radius 2 is 1.35 bits per heavy atom. The van der Waals surface area contributed by atoms with E-state index in [9.17, 15) is 19.2 Å². The van der Waals surface area contributed by atoms with Crippen LogP contribution in [0.15, 0.2) is 46.6 Å². The van der Waals surface area contributed by atoms with Gasteiger partial charge < -0.3 is 14.2 Å². The third-order valence-corrected chi connectivity index (χ3v) is 9.12. The fraction of sp³-hybridized carbons (Fsp3) is 0.600. The Labute approximate surface area is 220 Å². The van der Waals surface area contributed by atoms with Gasteiger partial charge in [-0.2, -0.15) is 0 Å². The minimum Gasteiger partial charge on any atom is -0.462 e. The molecule has 0 heterocycles. The van der Waals surface area contributed by atoms with Gasteiger partial charge in [0.25, 0.3) is 0 Å². The average Bonchev–Trinajstić information content (AvgIpc) is 2.98. The number of carbonyl (C=O) groups excluding carboxylic acids is 4. The molecule has 2 fully saturated rings. The van der Waals surface area contributed by atoms with Crippen LogP contribution in [0.25, 0.3) is 0 Å². The van der Waals surface area contributed by atoms with Crippen LogP contribution in [0.1, 0.15) is 68.7 Å². The Kier molecular flexibility index (Phi) is 8.06. The van der Waals surface area contributed by atoms with Crippen LogP contribution in [0.5, 0.6) is 0 Å². The number of carbonyl (C=O) groups is 4. The summed E-state index contributed by atoms with van der Waals surface area (Å²) in [5.41, 5.74) is 0.731. The molecule has 0 saturated heterocycles. The highest BCUT2D eigenvalue weighted by Crippen LogP contribution is 2.72. The Hall–Kier alpha value is -2.96. The molecule has 0 radical (unpaired) electrons. The second-order valence-electron chi connectivity index (χ2n) is 11.2. The molecule has 4 bridgehead atoms. The molecule has 0 aromatic heterocycles. The zero-order valence-corrected chi connectivity index (χ0v) is 23.5. The van der Waals surface area contributed by atoms with Crippen LogP contribution in [0.3, 0.4) is 0 Å². The number of ether oxygens (including phenoxy) is 3. The van der Waals surface area contributed by atoms with Crippen molar-refractivity contribution in [1.82, 2.24) is 0 Å². The summed E-state index contributed by atoms with van der Waals surface area (Å²) in [5.74, 6) is -2.24. The normalized spacial score (nSPS) is 35.6. The van der Waals surface area contributed by atoms with Gasteiger partial charge in [-0.25, -0.2) is 14.4 Å². The van der Waals surface area contributed by atoms with E-state index in [1.165, 1.54) is 0 Å². The van der Waals surface area contributed by atoms with E-state index in [4.69, 9.17) is 14.2 Å². The topological polar surface area (TPSA) is 96.0 Å². The van der Waals surface area contributed by atoms with Gasteiger partial charge >= 0.3 is 17.9 Å². The fourth-order valence-corrected chi connectivity index (χ4v) is 6.48. The molecule has 0 aromatic carbocycles. The molecule has 3 rings (SSSR count). The molecule has 3 aliphatic rings. The lowest BCUT2D eigenvalue weighted by molar-refractivity contribution is -0.210. The van der Waals surface area contributed by atoms with E-state index in [-0.39, 0.29) is 30.6 Å². The Balaban J connectivity index is 2.14. The smallest absolute Gasteiger partial charge is 0.333 e. The molecule has 0 amide bonds. The van der Waals surface area contributed by atoms with E-state index in [2.05, 4.69) is 0 Å². The summed E-state index contributed by atoms with van der Waals surface area (Å²) in [6.45, 7) is 16.1. The van der Waals surface area contributed by atoms with Crippen LogP contribution in [0.2, 0.25) is 0 Å². The predicted octanol–water partition coefficient (Wildman–Crippen LogP) is 5.06. The summed E-state index contributed by atoms with van der Waals surface area (Å²) >= 11 is 0. The van der Waals surface area contributed by atoms with E-state index >= 15 is 0 Å². The molecule has 0 unspecified atom stereocenters. The molecule has 2 saturated carbocycles. The largest absolute Gasteiger partial charge is 0.462 e. The standard InChI is InChI=1S/C30H40O7/c1-10-16(4)26(32)35-15-29(8)21(36-27(33)17(5)11-2)14-22(37-28(34)18(6)12-3)30(9)23-19(7)13-20(31)24(30)25(23)29/h10-13,21-25H,14-15H2,1-9H3/b16-10-,17-11-,18-12-/t21-,22-,23+,24-,25+,29+,30-/m1/s1. The molecule has 7 atom stereocenters. The quantitative estimate of drug-likeness (QED) is 0.267. The third kappa shape index (κ3) is 4.62. The molecular formula is C30H40O7. The van der Waals surface area contributed by atoms with Gasteiger partial charge in [-0.15, -0.1) is 0 Å². The summed E-state index contributed by atoms with van der Waals surface area (Å²) in [7, 11) is 0.